The number of sulfonamides is 1. The standard InChI is InChI=1S/C38H39F3N6O6S/c39-38(40,41)28-15-10-14-27-33(28)44-47-32(20-29(42-34(27)47)23-11-6-5-7-12-23)53-25-19-30-35(49)43-37(36(50)45-54(51,52)26-17-18-26)21-24(37)13-8-3-1-2-4-9-16-31(48)46(30)22-25/h5-8,10-15,20,24-26,30H,1-4,9,16-19,21-22H2,(H,43,49)(H,45,50)/b13-8-/t24-,25+,30-,37+/m0/s1. The molecule has 4 heterocycles. The average molecular weight is 765 g/mol. The fourth-order valence-corrected chi connectivity index (χ4v) is 8.95. The van der Waals surface area contributed by atoms with Gasteiger partial charge in [-0.2, -0.15) is 22.8 Å². The molecule has 0 unspecified atom stereocenters. The van der Waals surface area contributed by atoms with Crippen LogP contribution >= 0.6 is 0 Å². The lowest BCUT2D eigenvalue weighted by molar-refractivity contribution is -0.139. The normalized spacial score (nSPS) is 26.0. The number of hydrogen-bond donors (Lipinski definition) is 2. The molecule has 0 spiro atoms. The summed E-state index contributed by atoms with van der Waals surface area (Å²) in [4.78, 5) is 47.7. The van der Waals surface area contributed by atoms with Gasteiger partial charge in [-0.25, -0.2) is 13.4 Å². The molecule has 2 aliphatic carbocycles. The van der Waals surface area contributed by atoms with Crippen molar-refractivity contribution < 1.29 is 40.7 Å². The zero-order valence-electron chi connectivity index (χ0n) is 29.2. The molecule has 2 N–H and O–H groups in total. The summed E-state index contributed by atoms with van der Waals surface area (Å²) in [6.07, 6.45) is 3.54. The monoisotopic (exact) mass is 764 g/mol. The first-order valence-corrected chi connectivity index (χ1v) is 19.8. The Hall–Kier alpha value is -4.99. The number of halogens is 3. The zero-order valence-corrected chi connectivity index (χ0v) is 30.0. The number of amides is 3. The molecule has 0 radical (unpaired) electrons. The predicted molar refractivity (Wildman–Crippen MR) is 191 cm³/mol. The molecule has 54 heavy (non-hydrogen) atoms. The third-order valence-electron chi connectivity index (χ3n) is 10.8. The molecule has 0 bridgehead atoms. The van der Waals surface area contributed by atoms with Gasteiger partial charge in [-0.1, -0.05) is 61.4 Å². The summed E-state index contributed by atoms with van der Waals surface area (Å²) in [6, 6.07) is 13.3. The van der Waals surface area contributed by atoms with Crippen LogP contribution in [0.1, 0.15) is 69.8 Å². The number of carbonyl (C=O) groups is 3. The average Bonchev–Trinajstić information content (AvgIpc) is 4.04. The van der Waals surface area contributed by atoms with Crippen molar-refractivity contribution in [3.8, 4) is 17.1 Å². The number of benzene rings is 2. The Morgan fingerprint density at radius 3 is 2.56 bits per heavy atom. The first-order chi connectivity index (χ1) is 25.8. The van der Waals surface area contributed by atoms with E-state index < -0.39 is 62.4 Å². The Morgan fingerprint density at radius 2 is 1.80 bits per heavy atom. The number of nitrogens with one attached hydrogen (secondary N) is 2. The second-order valence-electron chi connectivity index (χ2n) is 14.6. The molecule has 1 saturated heterocycles. The number of allylic oxidation sites excluding steroid dienone is 1. The molecule has 16 heteroatoms. The van der Waals surface area contributed by atoms with E-state index in [2.05, 4.69) is 20.1 Å². The van der Waals surface area contributed by atoms with E-state index in [-0.39, 0.29) is 54.1 Å². The van der Waals surface area contributed by atoms with Crippen LogP contribution in [-0.4, -0.2) is 75.1 Å². The van der Waals surface area contributed by atoms with E-state index in [0.717, 1.165) is 31.7 Å². The summed E-state index contributed by atoms with van der Waals surface area (Å²) in [7, 11) is -3.90. The van der Waals surface area contributed by atoms with Crippen molar-refractivity contribution in [2.24, 2.45) is 5.92 Å². The van der Waals surface area contributed by atoms with Crippen LogP contribution in [0.25, 0.3) is 27.8 Å². The minimum Gasteiger partial charge on any atom is -0.472 e. The number of alkyl halides is 3. The van der Waals surface area contributed by atoms with E-state index >= 15 is 0 Å². The smallest absolute Gasteiger partial charge is 0.418 e. The number of ether oxygens (including phenoxy) is 1. The molecule has 2 aliphatic heterocycles. The van der Waals surface area contributed by atoms with Gasteiger partial charge in [0.05, 0.1) is 23.1 Å². The maximum atomic E-state index is 14.2. The molecule has 284 valence electrons. The van der Waals surface area contributed by atoms with Crippen LogP contribution in [0.4, 0.5) is 13.2 Å². The molecular weight excluding hydrogens is 726 g/mol. The maximum Gasteiger partial charge on any atom is 0.418 e. The number of carbonyl (C=O) groups excluding carboxylic acids is 3. The Labute approximate surface area is 309 Å². The van der Waals surface area contributed by atoms with Crippen LogP contribution in [0, 0.1) is 5.92 Å². The number of nitrogens with zero attached hydrogens (tertiary/aromatic N) is 4. The summed E-state index contributed by atoms with van der Waals surface area (Å²) >= 11 is 0. The van der Waals surface area contributed by atoms with Gasteiger partial charge in [0.25, 0.3) is 5.91 Å². The Morgan fingerprint density at radius 1 is 1.02 bits per heavy atom. The Bertz CT molecular complexity index is 2280. The van der Waals surface area contributed by atoms with E-state index in [4.69, 9.17) is 4.74 Å². The van der Waals surface area contributed by atoms with Crippen LogP contribution in [-0.2, 0) is 30.6 Å². The van der Waals surface area contributed by atoms with Crippen molar-refractivity contribution in [1.82, 2.24) is 29.5 Å². The van der Waals surface area contributed by atoms with E-state index in [1.54, 1.807) is 30.3 Å². The molecule has 2 aromatic carbocycles. The largest absolute Gasteiger partial charge is 0.472 e. The van der Waals surface area contributed by atoms with Gasteiger partial charge >= 0.3 is 6.18 Å². The summed E-state index contributed by atoms with van der Waals surface area (Å²) in [6.45, 7) is -0.0193. The molecule has 2 saturated carbocycles. The quantitative estimate of drug-likeness (QED) is 0.251. The van der Waals surface area contributed by atoms with E-state index in [1.807, 2.05) is 18.2 Å². The lowest BCUT2D eigenvalue weighted by atomic mass is 10.1. The molecule has 12 nitrogen and oxygen atoms in total. The Kier molecular flexibility index (Phi) is 9.13. The van der Waals surface area contributed by atoms with Gasteiger partial charge in [-0.05, 0) is 50.7 Å². The lowest BCUT2D eigenvalue weighted by Gasteiger charge is -2.26. The number of rotatable bonds is 6. The van der Waals surface area contributed by atoms with Crippen LogP contribution in [0.5, 0.6) is 5.88 Å². The summed E-state index contributed by atoms with van der Waals surface area (Å²) in [5.41, 5.74) is -1.50. The van der Waals surface area contributed by atoms with E-state index in [0.29, 0.717) is 30.5 Å². The van der Waals surface area contributed by atoms with Crippen molar-refractivity contribution >= 4 is 44.3 Å². The summed E-state index contributed by atoms with van der Waals surface area (Å²) in [5, 5.41) is 6.69. The molecule has 2 aromatic heterocycles. The number of fused-ring (bicyclic) bond motifs is 5. The molecule has 4 atom stereocenters. The Balaban J connectivity index is 1.13. The fourth-order valence-electron chi connectivity index (χ4n) is 7.59. The van der Waals surface area contributed by atoms with Crippen LogP contribution in [0.3, 0.4) is 0 Å². The van der Waals surface area contributed by atoms with Gasteiger partial charge in [0.15, 0.2) is 5.65 Å². The minimum atomic E-state index is -4.68. The van der Waals surface area contributed by atoms with Crippen molar-refractivity contribution in [3.05, 3.63) is 72.3 Å². The summed E-state index contributed by atoms with van der Waals surface area (Å²) < 4.78 is 77.7. The molecule has 3 fully saturated rings. The lowest BCUT2D eigenvalue weighted by Crippen LogP contribution is -2.56. The minimum absolute atomic E-state index is 0.00474. The molecule has 4 aromatic rings. The second kappa shape index (κ2) is 13.7. The number of aromatic nitrogens is 3. The second-order valence-corrected chi connectivity index (χ2v) is 16.6. The highest BCUT2D eigenvalue weighted by Gasteiger charge is 2.62. The van der Waals surface area contributed by atoms with Gasteiger partial charge < -0.3 is 15.0 Å². The first kappa shape index (κ1) is 36.0. The topological polar surface area (TPSA) is 152 Å². The van der Waals surface area contributed by atoms with Gasteiger partial charge in [0, 0.05) is 35.8 Å². The van der Waals surface area contributed by atoms with Crippen molar-refractivity contribution in [2.45, 2.75) is 93.3 Å². The molecule has 3 amide bonds. The van der Waals surface area contributed by atoms with Gasteiger partial charge in [0.2, 0.25) is 27.7 Å². The van der Waals surface area contributed by atoms with E-state index in [9.17, 15) is 36.0 Å². The third kappa shape index (κ3) is 6.91. The number of hydrogen-bond acceptors (Lipinski definition) is 8. The van der Waals surface area contributed by atoms with Gasteiger partial charge in [-0.3, -0.25) is 19.1 Å². The fraction of sp³-hybridized carbons (Fsp3) is 0.447. The van der Waals surface area contributed by atoms with Crippen LogP contribution in [0.2, 0.25) is 0 Å². The van der Waals surface area contributed by atoms with Crippen molar-refractivity contribution in [3.63, 3.8) is 0 Å². The van der Waals surface area contributed by atoms with Crippen LogP contribution < -0.4 is 14.8 Å². The van der Waals surface area contributed by atoms with E-state index in [1.165, 1.54) is 21.5 Å². The maximum absolute atomic E-state index is 14.2. The molecular formula is C38H39F3N6O6S. The van der Waals surface area contributed by atoms with Crippen molar-refractivity contribution in [2.75, 3.05) is 6.54 Å². The zero-order chi connectivity index (χ0) is 37.8. The highest BCUT2D eigenvalue weighted by Crippen LogP contribution is 2.46. The molecule has 4 aliphatic rings. The van der Waals surface area contributed by atoms with Gasteiger partial charge in [-0.15, -0.1) is 0 Å². The SMILES string of the molecule is O=C1N[C@]2(C(=O)NS(=O)(=O)C3CC3)C[C@@H]2/C=C\CCCCCCC(=O)N2C[C@H](Oc3cc(-c4ccccc4)nc4c5cccc(C(F)(F)F)c5nn34)C[C@@H]12. The highest BCUT2D eigenvalue weighted by atomic mass is 32.2. The highest BCUT2D eigenvalue weighted by molar-refractivity contribution is 7.91. The third-order valence-corrected chi connectivity index (χ3v) is 12.6. The summed E-state index contributed by atoms with van der Waals surface area (Å²) in [5.74, 6) is -2.07. The predicted octanol–water partition coefficient (Wildman–Crippen LogP) is 5.31. The van der Waals surface area contributed by atoms with Gasteiger partial charge in [0.1, 0.15) is 23.2 Å². The first-order valence-electron chi connectivity index (χ1n) is 18.3. The van der Waals surface area contributed by atoms with Crippen molar-refractivity contribution in [1.29, 1.82) is 0 Å². The van der Waals surface area contributed by atoms with Crippen LogP contribution in [0.15, 0.2) is 66.7 Å². The molecule has 8 rings (SSSR count).